The highest BCUT2D eigenvalue weighted by molar-refractivity contribution is 5.90. The van der Waals surface area contributed by atoms with Crippen molar-refractivity contribution in [1.29, 1.82) is 0 Å². The van der Waals surface area contributed by atoms with Crippen LogP contribution in [0, 0.1) is 18.8 Å². The van der Waals surface area contributed by atoms with Crippen molar-refractivity contribution in [3.05, 3.63) is 24.0 Å². The molecular formula is C20H28O4. The fourth-order valence-corrected chi connectivity index (χ4v) is 2.87. The molecule has 4 nitrogen and oxygen atoms in total. The standard InChI is InChI=1S/C20H28O4/c1-14(2)6-5-7-15(3)10-11-22-17-8-9-18-16(4)24-20(23-13-21)19(18)12-17/h8-9,12-15H,5-7,10-11H2,1-4H3. The number of carbonyl (C=O) groups excluding carboxylic acids is 1. The summed E-state index contributed by atoms with van der Waals surface area (Å²) >= 11 is 0. The predicted octanol–water partition coefficient (Wildman–Crippen LogP) is 5.51. The summed E-state index contributed by atoms with van der Waals surface area (Å²) in [7, 11) is 0. The molecule has 1 unspecified atom stereocenters. The Morgan fingerprint density at radius 3 is 2.62 bits per heavy atom. The number of ether oxygens (including phenoxy) is 2. The summed E-state index contributed by atoms with van der Waals surface area (Å²) < 4.78 is 16.2. The van der Waals surface area contributed by atoms with Gasteiger partial charge >= 0.3 is 12.4 Å². The Morgan fingerprint density at radius 1 is 1.12 bits per heavy atom. The number of rotatable bonds is 10. The average Bonchev–Trinajstić information content (AvgIpc) is 2.83. The minimum Gasteiger partial charge on any atom is -0.494 e. The zero-order valence-corrected chi connectivity index (χ0v) is 15.1. The lowest BCUT2D eigenvalue weighted by Crippen LogP contribution is -2.04. The van der Waals surface area contributed by atoms with E-state index in [0.29, 0.717) is 19.0 Å². The first-order chi connectivity index (χ1) is 11.5. The van der Waals surface area contributed by atoms with Crippen LogP contribution in [-0.4, -0.2) is 13.1 Å². The van der Waals surface area contributed by atoms with Crippen molar-refractivity contribution in [2.24, 2.45) is 11.8 Å². The van der Waals surface area contributed by atoms with Crippen LogP contribution in [0.5, 0.6) is 11.7 Å². The molecule has 0 aliphatic carbocycles. The topological polar surface area (TPSA) is 48.7 Å². The Bertz CT molecular complexity index is 657. The first kappa shape index (κ1) is 18.4. The van der Waals surface area contributed by atoms with E-state index in [4.69, 9.17) is 13.9 Å². The van der Waals surface area contributed by atoms with E-state index < -0.39 is 0 Å². The van der Waals surface area contributed by atoms with Crippen molar-refractivity contribution in [3.63, 3.8) is 0 Å². The van der Waals surface area contributed by atoms with Crippen LogP contribution in [0.3, 0.4) is 0 Å². The molecule has 0 N–H and O–H groups in total. The van der Waals surface area contributed by atoms with Gasteiger partial charge in [0.2, 0.25) is 0 Å². The molecule has 132 valence electrons. The van der Waals surface area contributed by atoms with Crippen molar-refractivity contribution in [1.82, 2.24) is 0 Å². The van der Waals surface area contributed by atoms with E-state index in [1.807, 2.05) is 25.1 Å². The highest BCUT2D eigenvalue weighted by Gasteiger charge is 2.13. The Hall–Kier alpha value is -1.97. The van der Waals surface area contributed by atoms with Gasteiger partial charge in [0.1, 0.15) is 11.5 Å². The minimum atomic E-state index is 0.227. The van der Waals surface area contributed by atoms with Gasteiger partial charge in [0.05, 0.1) is 12.0 Å². The summed E-state index contributed by atoms with van der Waals surface area (Å²) in [5.74, 6) is 3.17. The molecule has 0 radical (unpaired) electrons. The van der Waals surface area contributed by atoms with E-state index in [1.165, 1.54) is 19.3 Å². The van der Waals surface area contributed by atoms with Crippen LogP contribution in [0.15, 0.2) is 22.6 Å². The van der Waals surface area contributed by atoms with Gasteiger partial charge in [0.15, 0.2) is 0 Å². The lowest BCUT2D eigenvalue weighted by atomic mass is 9.98. The van der Waals surface area contributed by atoms with Crippen LogP contribution in [0.4, 0.5) is 0 Å². The highest BCUT2D eigenvalue weighted by Crippen LogP contribution is 2.34. The van der Waals surface area contributed by atoms with E-state index in [-0.39, 0.29) is 5.95 Å². The maximum Gasteiger partial charge on any atom is 0.300 e. The number of aryl methyl sites for hydroxylation is 1. The Labute approximate surface area is 144 Å². The minimum absolute atomic E-state index is 0.227. The number of carbonyl (C=O) groups is 1. The molecule has 0 spiro atoms. The maximum absolute atomic E-state index is 10.6. The first-order valence-electron chi connectivity index (χ1n) is 8.77. The van der Waals surface area contributed by atoms with Crippen LogP contribution in [0.25, 0.3) is 10.8 Å². The summed E-state index contributed by atoms with van der Waals surface area (Å²) in [6.07, 6.45) is 4.86. The molecule has 1 heterocycles. The number of fused-ring (bicyclic) bond motifs is 1. The zero-order chi connectivity index (χ0) is 17.5. The molecule has 1 atom stereocenters. The Balaban J connectivity index is 1.88. The van der Waals surface area contributed by atoms with Gasteiger partial charge in [-0.3, -0.25) is 4.79 Å². The second-order valence-electron chi connectivity index (χ2n) is 6.93. The fraction of sp³-hybridized carbons (Fsp3) is 0.550. The molecular weight excluding hydrogens is 304 g/mol. The van der Waals surface area contributed by atoms with Crippen LogP contribution < -0.4 is 9.47 Å². The molecule has 0 amide bonds. The molecule has 0 bridgehead atoms. The van der Waals surface area contributed by atoms with Crippen LogP contribution >= 0.6 is 0 Å². The van der Waals surface area contributed by atoms with Crippen LogP contribution in [0.1, 0.15) is 52.2 Å². The first-order valence-corrected chi connectivity index (χ1v) is 8.77. The SMILES string of the molecule is Cc1oc(OC=O)c2cc(OCCC(C)CCCC(C)C)ccc12. The van der Waals surface area contributed by atoms with E-state index in [2.05, 4.69) is 20.8 Å². The van der Waals surface area contributed by atoms with Gasteiger partial charge in [0, 0.05) is 5.39 Å². The molecule has 0 saturated carbocycles. The number of benzene rings is 1. The number of hydrogen-bond acceptors (Lipinski definition) is 4. The second-order valence-corrected chi connectivity index (χ2v) is 6.93. The lowest BCUT2D eigenvalue weighted by molar-refractivity contribution is -0.121. The van der Waals surface area contributed by atoms with Gasteiger partial charge in [-0.2, -0.15) is 0 Å². The van der Waals surface area contributed by atoms with E-state index in [1.54, 1.807) is 0 Å². The van der Waals surface area contributed by atoms with Crippen molar-refractivity contribution in [2.75, 3.05) is 6.61 Å². The fourth-order valence-electron chi connectivity index (χ4n) is 2.87. The molecule has 0 aliphatic heterocycles. The molecule has 0 saturated heterocycles. The molecule has 24 heavy (non-hydrogen) atoms. The van der Waals surface area contributed by atoms with Gasteiger partial charge in [0.25, 0.3) is 0 Å². The van der Waals surface area contributed by atoms with Crippen LogP contribution in [0.2, 0.25) is 0 Å². The molecule has 1 aromatic heterocycles. The highest BCUT2D eigenvalue weighted by atomic mass is 16.6. The maximum atomic E-state index is 10.6. The second kappa shape index (κ2) is 8.76. The van der Waals surface area contributed by atoms with Crippen molar-refractivity contribution in [2.45, 2.75) is 53.4 Å². The molecule has 4 heteroatoms. The van der Waals surface area contributed by atoms with Gasteiger partial charge in [-0.05, 0) is 43.4 Å². The lowest BCUT2D eigenvalue weighted by Gasteiger charge is -2.13. The summed E-state index contributed by atoms with van der Waals surface area (Å²) in [6.45, 7) is 9.73. The van der Waals surface area contributed by atoms with Gasteiger partial charge in [-0.15, -0.1) is 0 Å². The predicted molar refractivity (Wildman–Crippen MR) is 95.6 cm³/mol. The third-order valence-corrected chi connectivity index (χ3v) is 4.35. The van der Waals surface area contributed by atoms with Gasteiger partial charge < -0.3 is 13.9 Å². The molecule has 0 fully saturated rings. The Morgan fingerprint density at radius 2 is 1.92 bits per heavy atom. The summed E-state index contributed by atoms with van der Waals surface area (Å²) in [4.78, 5) is 10.6. The quantitative estimate of drug-likeness (QED) is 0.538. The average molecular weight is 332 g/mol. The Kier molecular flexibility index (Phi) is 6.71. The third kappa shape index (κ3) is 5.02. The number of hydrogen-bond donors (Lipinski definition) is 0. The smallest absolute Gasteiger partial charge is 0.300 e. The van der Waals surface area contributed by atoms with Crippen LogP contribution in [-0.2, 0) is 4.79 Å². The number of furan rings is 1. The largest absolute Gasteiger partial charge is 0.494 e. The summed E-state index contributed by atoms with van der Waals surface area (Å²) in [5, 5.41) is 1.70. The third-order valence-electron chi connectivity index (χ3n) is 4.35. The summed E-state index contributed by atoms with van der Waals surface area (Å²) in [6, 6.07) is 5.74. The normalized spacial score (nSPS) is 12.5. The van der Waals surface area contributed by atoms with E-state index in [9.17, 15) is 4.79 Å². The monoisotopic (exact) mass is 332 g/mol. The summed E-state index contributed by atoms with van der Waals surface area (Å²) in [5.41, 5.74) is 0. The molecule has 0 aliphatic rings. The van der Waals surface area contributed by atoms with E-state index >= 15 is 0 Å². The molecule has 2 rings (SSSR count). The van der Waals surface area contributed by atoms with Gasteiger partial charge in [-0.25, -0.2) is 0 Å². The molecule has 1 aromatic carbocycles. The van der Waals surface area contributed by atoms with Crippen molar-refractivity contribution < 1.29 is 18.7 Å². The van der Waals surface area contributed by atoms with E-state index in [0.717, 1.165) is 34.6 Å². The zero-order valence-electron chi connectivity index (χ0n) is 15.1. The van der Waals surface area contributed by atoms with Crippen molar-refractivity contribution in [3.8, 4) is 11.7 Å². The van der Waals surface area contributed by atoms with Gasteiger partial charge in [-0.1, -0.05) is 40.0 Å². The molecule has 2 aromatic rings. The van der Waals surface area contributed by atoms with Crippen molar-refractivity contribution >= 4 is 17.2 Å².